The van der Waals surface area contributed by atoms with Crippen LogP contribution < -0.4 is 10.6 Å². The Balaban J connectivity index is 1.67. The lowest BCUT2D eigenvalue weighted by atomic mass is 9.98. The van der Waals surface area contributed by atoms with Gasteiger partial charge in [-0.05, 0) is 58.2 Å². The van der Waals surface area contributed by atoms with Gasteiger partial charge in [0.05, 0.1) is 12.6 Å². The van der Waals surface area contributed by atoms with E-state index in [9.17, 15) is 9.90 Å². The molecule has 0 aromatic carbocycles. The van der Waals surface area contributed by atoms with Gasteiger partial charge in [0.15, 0.2) is 0 Å². The fraction of sp³-hybridized carbons (Fsp3) is 0.944. The third kappa shape index (κ3) is 6.22. The van der Waals surface area contributed by atoms with E-state index in [4.69, 9.17) is 0 Å². The molecule has 3 N–H and O–H groups in total. The molecule has 2 rings (SSSR count). The number of piperidine rings is 2. The number of amides is 2. The molecule has 140 valence electrons. The van der Waals surface area contributed by atoms with Crippen LogP contribution in [0.5, 0.6) is 0 Å². The second kappa shape index (κ2) is 9.59. The lowest BCUT2D eigenvalue weighted by Gasteiger charge is -2.41. The molecular weight excluding hydrogens is 304 g/mol. The van der Waals surface area contributed by atoms with Crippen molar-refractivity contribution in [3.63, 3.8) is 0 Å². The first-order valence-corrected chi connectivity index (χ1v) is 9.58. The zero-order valence-corrected chi connectivity index (χ0v) is 15.6. The number of carbonyl (C=O) groups excluding carboxylic acids is 1. The van der Waals surface area contributed by atoms with Crippen LogP contribution in [0.3, 0.4) is 0 Å². The van der Waals surface area contributed by atoms with E-state index in [2.05, 4.69) is 41.3 Å². The van der Waals surface area contributed by atoms with Gasteiger partial charge < -0.3 is 25.5 Å². The topological polar surface area (TPSA) is 67.8 Å². The Morgan fingerprint density at radius 3 is 2.29 bits per heavy atom. The number of nitrogens with zero attached hydrogens (tertiary/aromatic N) is 2. The Hall–Kier alpha value is -0.850. The smallest absolute Gasteiger partial charge is 0.315 e. The Morgan fingerprint density at radius 2 is 1.75 bits per heavy atom. The standard InChI is InChI=1S/C18H36N4O2/c1-14(2)12-16(13-23)20-18(24)19-15-4-10-22(11-5-15)17-6-8-21(3)9-7-17/h14-17,23H,4-13H2,1-3H3,(H2,19,20,24). The highest BCUT2D eigenvalue weighted by molar-refractivity contribution is 5.74. The average Bonchev–Trinajstić information content (AvgIpc) is 2.55. The van der Waals surface area contributed by atoms with Gasteiger partial charge in [0.2, 0.25) is 0 Å². The molecule has 24 heavy (non-hydrogen) atoms. The fourth-order valence-electron chi connectivity index (χ4n) is 3.93. The molecular formula is C18H36N4O2. The highest BCUT2D eigenvalue weighted by Crippen LogP contribution is 2.20. The summed E-state index contributed by atoms with van der Waals surface area (Å²) in [6.45, 7) is 8.75. The van der Waals surface area contributed by atoms with Crippen molar-refractivity contribution in [1.82, 2.24) is 20.4 Å². The predicted molar refractivity (Wildman–Crippen MR) is 97.1 cm³/mol. The Labute approximate surface area is 147 Å². The number of hydrogen-bond donors (Lipinski definition) is 3. The molecule has 2 saturated heterocycles. The van der Waals surface area contributed by atoms with Crippen LogP contribution in [-0.4, -0.2) is 78.9 Å². The summed E-state index contributed by atoms with van der Waals surface area (Å²) in [5.41, 5.74) is 0. The SMILES string of the molecule is CC(C)CC(CO)NC(=O)NC1CCN(C2CCN(C)CC2)CC1. The molecule has 1 atom stereocenters. The molecule has 2 aliphatic heterocycles. The van der Waals surface area contributed by atoms with Gasteiger partial charge in [-0.25, -0.2) is 4.79 Å². The third-order valence-electron chi connectivity index (χ3n) is 5.38. The highest BCUT2D eigenvalue weighted by atomic mass is 16.3. The maximum absolute atomic E-state index is 12.1. The molecule has 0 bridgehead atoms. The number of rotatable bonds is 6. The van der Waals surface area contributed by atoms with Crippen molar-refractivity contribution in [3.8, 4) is 0 Å². The first kappa shape index (κ1) is 19.5. The second-order valence-electron chi connectivity index (χ2n) is 7.97. The summed E-state index contributed by atoms with van der Waals surface area (Å²) in [4.78, 5) is 17.1. The van der Waals surface area contributed by atoms with Crippen molar-refractivity contribution < 1.29 is 9.90 Å². The number of likely N-dealkylation sites (tertiary alicyclic amines) is 2. The van der Waals surface area contributed by atoms with Gasteiger partial charge in [0.1, 0.15) is 0 Å². The van der Waals surface area contributed by atoms with Crippen LogP contribution in [0, 0.1) is 5.92 Å². The predicted octanol–water partition coefficient (Wildman–Crippen LogP) is 1.25. The van der Waals surface area contributed by atoms with Gasteiger partial charge >= 0.3 is 6.03 Å². The van der Waals surface area contributed by atoms with E-state index in [1.165, 1.54) is 25.9 Å². The molecule has 2 fully saturated rings. The molecule has 2 aliphatic rings. The number of aliphatic hydroxyl groups excluding tert-OH is 1. The molecule has 2 amide bonds. The number of aliphatic hydroxyl groups is 1. The van der Waals surface area contributed by atoms with E-state index in [-0.39, 0.29) is 24.7 Å². The zero-order chi connectivity index (χ0) is 17.5. The summed E-state index contributed by atoms with van der Waals surface area (Å²) < 4.78 is 0. The van der Waals surface area contributed by atoms with E-state index in [0.29, 0.717) is 5.92 Å². The van der Waals surface area contributed by atoms with Crippen LogP contribution in [0.15, 0.2) is 0 Å². The van der Waals surface area contributed by atoms with Crippen molar-refractivity contribution in [1.29, 1.82) is 0 Å². The number of hydrogen-bond acceptors (Lipinski definition) is 4. The number of carbonyl (C=O) groups is 1. The maximum Gasteiger partial charge on any atom is 0.315 e. The van der Waals surface area contributed by atoms with E-state index in [1.807, 2.05) is 0 Å². The van der Waals surface area contributed by atoms with Crippen molar-refractivity contribution in [2.75, 3.05) is 39.8 Å². The summed E-state index contributed by atoms with van der Waals surface area (Å²) in [6.07, 6.45) is 5.38. The molecule has 2 heterocycles. The van der Waals surface area contributed by atoms with Crippen molar-refractivity contribution in [2.24, 2.45) is 5.92 Å². The van der Waals surface area contributed by atoms with Crippen LogP contribution in [0.25, 0.3) is 0 Å². The molecule has 1 unspecified atom stereocenters. The van der Waals surface area contributed by atoms with E-state index >= 15 is 0 Å². The first-order valence-electron chi connectivity index (χ1n) is 9.58. The Bertz CT molecular complexity index is 375. The lowest BCUT2D eigenvalue weighted by Crippen LogP contribution is -2.53. The normalized spacial score (nSPS) is 23.4. The van der Waals surface area contributed by atoms with E-state index in [0.717, 1.165) is 38.4 Å². The number of urea groups is 1. The molecule has 0 aromatic rings. The molecule has 0 radical (unpaired) electrons. The van der Waals surface area contributed by atoms with Gasteiger partial charge in [0.25, 0.3) is 0 Å². The van der Waals surface area contributed by atoms with Crippen LogP contribution in [0.1, 0.15) is 46.0 Å². The lowest BCUT2D eigenvalue weighted by molar-refractivity contribution is 0.0931. The van der Waals surface area contributed by atoms with Gasteiger partial charge in [-0.1, -0.05) is 13.8 Å². The van der Waals surface area contributed by atoms with Crippen LogP contribution in [0.4, 0.5) is 4.79 Å². The summed E-state index contributed by atoms with van der Waals surface area (Å²) in [5, 5.41) is 15.4. The molecule has 0 aliphatic carbocycles. The fourth-order valence-corrected chi connectivity index (χ4v) is 3.93. The van der Waals surface area contributed by atoms with Crippen molar-refractivity contribution in [2.45, 2.75) is 64.1 Å². The molecule has 0 spiro atoms. The molecule has 6 heteroatoms. The Kier molecular flexibility index (Phi) is 7.78. The maximum atomic E-state index is 12.1. The molecule has 0 aromatic heterocycles. The largest absolute Gasteiger partial charge is 0.394 e. The van der Waals surface area contributed by atoms with Crippen molar-refractivity contribution in [3.05, 3.63) is 0 Å². The summed E-state index contributed by atoms with van der Waals surface area (Å²) in [6, 6.07) is 0.698. The average molecular weight is 341 g/mol. The quantitative estimate of drug-likeness (QED) is 0.681. The van der Waals surface area contributed by atoms with Gasteiger partial charge in [-0.2, -0.15) is 0 Å². The zero-order valence-electron chi connectivity index (χ0n) is 15.6. The molecule has 6 nitrogen and oxygen atoms in total. The minimum Gasteiger partial charge on any atom is -0.394 e. The molecule has 0 saturated carbocycles. The minimum absolute atomic E-state index is 0.000169. The van der Waals surface area contributed by atoms with Gasteiger partial charge in [-0.15, -0.1) is 0 Å². The highest BCUT2D eigenvalue weighted by Gasteiger charge is 2.28. The van der Waals surface area contributed by atoms with E-state index in [1.54, 1.807) is 0 Å². The van der Waals surface area contributed by atoms with Crippen LogP contribution in [-0.2, 0) is 0 Å². The first-order chi connectivity index (χ1) is 11.5. The second-order valence-corrected chi connectivity index (χ2v) is 7.97. The summed E-state index contributed by atoms with van der Waals surface area (Å²) in [5.74, 6) is 0.459. The van der Waals surface area contributed by atoms with Crippen molar-refractivity contribution >= 4 is 6.03 Å². The van der Waals surface area contributed by atoms with Gasteiger partial charge in [0, 0.05) is 25.2 Å². The summed E-state index contributed by atoms with van der Waals surface area (Å²) in [7, 11) is 2.20. The van der Waals surface area contributed by atoms with Crippen LogP contribution in [0.2, 0.25) is 0 Å². The Morgan fingerprint density at radius 1 is 1.12 bits per heavy atom. The van der Waals surface area contributed by atoms with Gasteiger partial charge in [-0.3, -0.25) is 0 Å². The summed E-state index contributed by atoms with van der Waals surface area (Å²) >= 11 is 0. The third-order valence-corrected chi connectivity index (χ3v) is 5.38. The van der Waals surface area contributed by atoms with Crippen LogP contribution >= 0.6 is 0 Å². The minimum atomic E-state index is -0.149. The monoisotopic (exact) mass is 340 g/mol. The van der Waals surface area contributed by atoms with E-state index < -0.39 is 0 Å². The number of nitrogens with one attached hydrogen (secondary N) is 2.